The minimum absolute atomic E-state index is 0.361. The minimum atomic E-state index is -0.884. The van der Waals surface area contributed by atoms with E-state index in [9.17, 15) is 4.79 Å². The highest BCUT2D eigenvalue weighted by Crippen LogP contribution is 1.91. The molecule has 1 aromatic rings. The molecule has 3 heteroatoms. The lowest BCUT2D eigenvalue weighted by molar-refractivity contribution is -0.130. The molecule has 0 unspecified atom stereocenters. The van der Waals surface area contributed by atoms with Crippen LogP contribution in [0, 0.1) is 0 Å². The summed E-state index contributed by atoms with van der Waals surface area (Å²) in [6, 6.07) is 1.84. The van der Waals surface area contributed by atoms with Crippen LogP contribution in [-0.4, -0.2) is 15.6 Å². The Hall–Kier alpha value is -1.77. The number of hydrogen-bond donors (Lipinski definition) is 1. The van der Waals surface area contributed by atoms with Crippen LogP contribution in [0.3, 0.4) is 0 Å². The Morgan fingerprint density at radius 3 is 2.62 bits per heavy atom. The zero-order valence-corrected chi connectivity index (χ0v) is 9.95. The zero-order chi connectivity index (χ0) is 12.3. The van der Waals surface area contributed by atoms with E-state index in [2.05, 4.69) is 6.58 Å². The maximum Gasteiger partial charge on any atom is 0.331 e. The Kier molecular flexibility index (Phi) is 3.72. The average molecular weight is 219 g/mol. The van der Waals surface area contributed by atoms with Gasteiger partial charge in [0.25, 0.3) is 0 Å². The van der Waals surface area contributed by atoms with Gasteiger partial charge in [0.1, 0.15) is 0 Å². The molecule has 0 spiro atoms. The van der Waals surface area contributed by atoms with E-state index < -0.39 is 5.97 Å². The third-order valence-electron chi connectivity index (χ3n) is 2.46. The Morgan fingerprint density at radius 1 is 1.56 bits per heavy atom. The smallest absolute Gasteiger partial charge is 0.331 e. The molecule has 0 aliphatic carbocycles. The van der Waals surface area contributed by atoms with Crippen LogP contribution in [0.5, 0.6) is 0 Å². The van der Waals surface area contributed by atoms with Crippen LogP contribution in [0.25, 0.3) is 11.6 Å². The monoisotopic (exact) mass is 219 g/mol. The van der Waals surface area contributed by atoms with Gasteiger partial charge < -0.3 is 9.67 Å². The lowest BCUT2D eigenvalue weighted by Crippen LogP contribution is -2.31. The molecule has 0 aliphatic heterocycles. The van der Waals surface area contributed by atoms with Gasteiger partial charge in [-0.3, -0.25) is 0 Å². The quantitative estimate of drug-likeness (QED) is 0.827. The molecule has 0 fully saturated rings. The molecule has 1 aromatic heterocycles. The second kappa shape index (κ2) is 4.84. The van der Waals surface area contributed by atoms with Crippen molar-refractivity contribution in [3.8, 4) is 0 Å². The lowest BCUT2D eigenvalue weighted by Gasteiger charge is -1.98. The molecule has 3 nitrogen and oxygen atoms in total. The molecule has 0 aromatic carbocycles. The normalized spacial score (nSPS) is 13.8. The standard InChI is InChI=1S/C13H17NO2/c1-5-14-7-6-11(10(4)13(15)16)12(14)8-9(2)3/h6-8H,2,5H2,1,3-4H3,(H,15,16)/b11-10+,12-8+. The van der Waals surface area contributed by atoms with E-state index >= 15 is 0 Å². The van der Waals surface area contributed by atoms with Crippen LogP contribution in [0.2, 0.25) is 0 Å². The summed E-state index contributed by atoms with van der Waals surface area (Å²) >= 11 is 0. The molecule has 16 heavy (non-hydrogen) atoms. The molecule has 0 aliphatic rings. The summed E-state index contributed by atoms with van der Waals surface area (Å²) in [7, 11) is 0. The Labute approximate surface area is 95.0 Å². The van der Waals surface area contributed by atoms with Crippen molar-refractivity contribution in [2.75, 3.05) is 0 Å². The van der Waals surface area contributed by atoms with Gasteiger partial charge in [0.15, 0.2) is 0 Å². The van der Waals surface area contributed by atoms with Crippen LogP contribution < -0.4 is 10.6 Å². The predicted molar refractivity (Wildman–Crippen MR) is 65.4 cm³/mol. The van der Waals surface area contributed by atoms with E-state index in [0.717, 1.165) is 22.7 Å². The molecule has 1 N–H and O–H groups in total. The molecular formula is C13H17NO2. The van der Waals surface area contributed by atoms with Gasteiger partial charge in [-0.05, 0) is 32.9 Å². The van der Waals surface area contributed by atoms with Crippen LogP contribution >= 0.6 is 0 Å². The highest BCUT2D eigenvalue weighted by atomic mass is 16.4. The molecule has 0 amide bonds. The molecule has 0 saturated heterocycles. The van der Waals surface area contributed by atoms with Gasteiger partial charge in [-0.15, -0.1) is 0 Å². The van der Waals surface area contributed by atoms with E-state index in [4.69, 9.17) is 5.11 Å². The van der Waals surface area contributed by atoms with Gasteiger partial charge in [-0.2, -0.15) is 0 Å². The predicted octanol–water partition coefficient (Wildman–Crippen LogP) is 1.12. The first-order chi connectivity index (χ1) is 7.47. The number of carboxylic acid groups (broad SMARTS) is 1. The molecule has 86 valence electrons. The zero-order valence-electron chi connectivity index (χ0n) is 9.95. The minimum Gasteiger partial charge on any atom is -0.478 e. The van der Waals surface area contributed by atoms with Gasteiger partial charge in [0.05, 0.1) is 0 Å². The van der Waals surface area contributed by atoms with Gasteiger partial charge in [0.2, 0.25) is 0 Å². The first-order valence-electron chi connectivity index (χ1n) is 5.24. The van der Waals surface area contributed by atoms with Crippen molar-refractivity contribution >= 4 is 17.6 Å². The van der Waals surface area contributed by atoms with Crippen molar-refractivity contribution in [3.05, 3.63) is 35.0 Å². The molecule has 0 radical (unpaired) electrons. The van der Waals surface area contributed by atoms with Gasteiger partial charge in [-0.25, -0.2) is 4.79 Å². The molecular weight excluding hydrogens is 202 g/mol. The number of aliphatic carboxylic acids is 1. The molecule has 0 saturated carbocycles. The van der Waals surface area contributed by atoms with E-state index in [1.807, 2.05) is 36.8 Å². The summed E-state index contributed by atoms with van der Waals surface area (Å²) < 4.78 is 2.01. The maximum atomic E-state index is 11.0. The number of carboxylic acids is 1. The van der Waals surface area contributed by atoms with E-state index in [-0.39, 0.29) is 0 Å². The van der Waals surface area contributed by atoms with Crippen molar-refractivity contribution in [1.82, 2.24) is 4.57 Å². The van der Waals surface area contributed by atoms with Crippen molar-refractivity contribution in [2.24, 2.45) is 0 Å². The van der Waals surface area contributed by atoms with E-state index in [1.54, 1.807) is 6.92 Å². The average Bonchev–Trinajstić information content (AvgIpc) is 2.58. The number of rotatable bonds is 3. The number of carbonyl (C=O) groups is 1. The number of aryl methyl sites for hydroxylation is 1. The first-order valence-corrected chi connectivity index (χ1v) is 5.24. The SMILES string of the molecule is C=C(C)/C=c1\c(=C(/C)C(=O)O)ccn1CC. The summed E-state index contributed by atoms with van der Waals surface area (Å²) in [5, 5.41) is 10.7. The topological polar surface area (TPSA) is 42.2 Å². The van der Waals surface area contributed by atoms with Crippen molar-refractivity contribution in [1.29, 1.82) is 0 Å². The Balaban J connectivity index is 3.68. The lowest BCUT2D eigenvalue weighted by atomic mass is 10.2. The van der Waals surface area contributed by atoms with Crippen LogP contribution in [0.1, 0.15) is 20.8 Å². The van der Waals surface area contributed by atoms with Crippen molar-refractivity contribution in [3.63, 3.8) is 0 Å². The van der Waals surface area contributed by atoms with E-state index in [0.29, 0.717) is 5.57 Å². The molecule has 0 bridgehead atoms. The van der Waals surface area contributed by atoms with E-state index in [1.165, 1.54) is 0 Å². The largest absolute Gasteiger partial charge is 0.478 e. The summed E-state index contributed by atoms with van der Waals surface area (Å²) in [6.45, 7) is 10.2. The summed E-state index contributed by atoms with van der Waals surface area (Å²) in [5.74, 6) is -0.884. The van der Waals surface area contributed by atoms with Gasteiger partial charge in [-0.1, -0.05) is 12.2 Å². The second-order valence-electron chi connectivity index (χ2n) is 3.82. The fraction of sp³-hybridized carbons (Fsp3) is 0.308. The van der Waals surface area contributed by atoms with Crippen LogP contribution in [0.15, 0.2) is 24.4 Å². The van der Waals surface area contributed by atoms with Gasteiger partial charge >= 0.3 is 5.97 Å². The second-order valence-corrected chi connectivity index (χ2v) is 3.82. The van der Waals surface area contributed by atoms with Gasteiger partial charge in [0, 0.05) is 28.9 Å². The molecule has 1 rings (SSSR count). The van der Waals surface area contributed by atoms with Crippen LogP contribution in [-0.2, 0) is 11.3 Å². The number of nitrogens with zero attached hydrogens (tertiary/aromatic N) is 1. The van der Waals surface area contributed by atoms with Crippen LogP contribution in [0.4, 0.5) is 0 Å². The number of hydrogen-bond acceptors (Lipinski definition) is 1. The highest BCUT2D eigenvalue weighted by molar-refractivity contribution is 6.07. The number of allylic oxidation sites excluding steroid dienone is 1. The molecule has 0 atom stereocenters. The fourth-order valence-corrected chi connectivity index (χ4v) is 1.59. The summed E-state index contributed by atoms with van der Waals surface area (Å²) in [4.78, 5) is 11.0. The van der Waals surface area contributed by atoms with Crippen molar-refractivity contribution in [2.45, 2.75) is 27.3 Å². The number of aromatic nitrogens is 1. The molecule has 1 heterocycles. The highest BCUT2D eigenvalue weighted by Gasteiger charge is 2.04. The van der Waals surface area contributed by atoms with Crippen molar-refractivity contribution < 1.29 is 9.90 Å². The fourth-order valence-electron chi connectivity index (χ4n) is 1.59. The Bertz CT molecular complexity index is 535. The first kappa shape index (κ1) is 12.3. The summed E-state index contributed by atoms with van der Waals surface area (Å²) in [6.07, 6.45) is 3.81. The summed E-state index contributed by atoms with van der Waals surface area (Å²) in [5.41, 5.74) is 1.27. The third-order valence-corrected chi connectivity index (χ3v) is 2.46. The maximum absolute atomic E-state index is 11.0. The third kappa shape index (κ3) is 2.42. The Morgan fingerprint density at radius 2 is 2.19 bits per heavy atom.